The first kappa shape index (κ1) is 15.8. The summed E-state index contributed by atoms with van der Waals surface area (Å²) in [5, 5.41) is 0. The third-order valence-corrected chi connectivity index (χ3v) is 3.73. The normalized spacial score (nSPS) is 16.2. The maximum atomic E-state index is 11.3. The van der Waals surface area contributed by atoms with Gasteiger partial charge in [-0.1, -0.05) is 40.5 Å². The van der Waals surface area contributed by atoms with Crippen molar-refractivity contribution in [3.05, 3.63) is 0 Å². The van der Waals surface area contributed by atoms with Gasteiger partial charge in [0.2, 0.25) is 0 Å². The minimum Gasteiger partial charge on any atom is -0.417 e. The molecular formula is C13H28O2Si. The summed E-state index contributed by atoms with van der Waals surface area (Å²) in [6.45, 7) is 12.9. The first-order valence-electron chi connectivity index (χ1n) is 6.43. The van der Waals surface area contributed by atoms with Crippen LogP contribution >= 0.6 is 0 Å². The highest BCUT2D eigenvalue weighted by atomic mass is 28.3. The lowest BCUT2D eigenvalue weighted by Gasteiger charge is -2.34. The molecule has 3 heteroatoms. The van der Waals surface area contributed by atoms with E-state index >= 15 is 0 Å². The summed E-state index contributed by atoms with van der Waals surface area (Å²) in [6, 6.07) is 0. The molecule has 0 fully saturated rings. The Bertz CT molecular complexity index is 197. The van der Waals surface area contributed by atoms with Gasteiger partial charge in [0.05, 0.1) is 6.10 Å². The van der Waals surface area contributed by atoms with Crippen molar-refractivity contribution >= 4 is 15.3 Å². The second-order valence-electron chi connectivity index (χ2n) is 5.89. The van der Waals surface area contributed by atoms with E-state index in [1.165, 1.54) is 0 Å². The van der Waals surface area contributed by atoms with Gasteiger partial charge in [0.1, 0.15) is 6.29 Å². The monoisotopic (exact) mass is 244 g/mol. The lowest BCUT2D eigenvalue weighted by atomic mass is 9.77. The molecule has 96 valence electrons. The Morgan fingerprint density at radius 1 is 1.31 bits per heavy atom. The van der Waals surface area contributed by atoms with Crippen molar-refractivity contribution in [3.63, 3.8) is 0 Å². The molecule has 0 heterocycles. The Kier molecular flexibility index (Phi) is 7.16. The highest BCUT2D eigenvalue weighted by Crippen LogP contribution is 2.31. The van der Waals surface area contributed by atoms with Gasteiger partial charge in [0.25, 0.3) is 0 Å². The Morgan fingerprint density at radius 3 is 2.19 bits per heavy atom. The first-order valence-corrected chi connectivity index (χ1v) is 9.21. The minimum absolute atomic E-state index is 0.00342. The van der Waals surface area contributed by atoms with Crippen LogP contribution in [-0.4, -0.2) is 21.4 Å². The Balaban J connectivity index is 4.62. The largest absolute Gasteiger partial charge is 0.417 e. The van der Waals surface area contributed by atoms with Gasteiger partial charge in [0.15, 0.2) is 9.04 Å². The smallest absolute Gasteiger partial charge is 0.171 e. The van der Waals surface area contributed by atoms with Gasteiger partial charge in [-0.25, -0.2) is 0 Å². The third-order valence-electron chi connectivity index (χ3n) is 2.84. The average molecular weight is 244 g/mol. The molecule has 0 aromatic rings. The molecule has 0 amide bonds. The highest BCUT2D eigenvalue weighted by molar-refractivity contribution is 6.48. The highest BCUT2D eigenvalue weighted by Gasteiger charge is 2.32. The van der Waals surface area contributed by atoms with Crippen molar-refractivity contribution in [2.75, 3.05) is 0 Å². The average Bonchev–Trinajstić information content (AvgIpc) is 2.11. The number of carbonyl (C=O) groups is 1. The molecular weight excluding hydrogens is 216 g/mol. The van der Waals surface area contributed by atoms with E-state index in [-0.39, 0.29) is 17.4 Å². The molecule has 16 heavy (non-hydrogen) atoms. The maximum absolute atomic E-state index is 11.3. The molecule has 0 N–H and O–H groups in total. The number of hydrogen-bond acceptors (Lipinski definition) is 2. The zero-order valence-electron chi connectivity index (χ0n) is 11.7. The van der Waals surface area contributed by atoms with Crippen molar-refractivity contribution < 1.29 is 9.22 Å². The van der Waals surface area contributed by atoms with Gasteiger partial charge < -0.3 is 9.22 Å². The van der Waals surface area contributed by atoms with Crippen LogP contribution in [0.5, 0.6) is 0 Å². The number of aldehydes is 1. The first-order chi connectivity index (χ1) is 7.32. The number of unbranched alkanes of at least 4 members (excludes halogenated alkanes) is 1. The van der Waals surface area contributed by atoms with E-state index in [9.17, 15) is 4.79 Å². The molecule has 0 aromatic carbocycles. The van der Waals surface area contributed by atoms with Crippen LogP contribution in [0.3, 0.4) is 0 Å². The summed E-state index contributed by atoms with van der Waals surface area (Å²) in [5.74, 6) is 0.0222. The van der Waals surface area contributed by atoms with Gasteiger partial charge in [0, 0.05) is 5.92 Å². The standard InChI is InChI=1S/C13H28O2Si/c1-7-8-9-12(15-16(5)6)11(10-14)13(2,3)4/h10-12,16H,7-9H2,1-6H3. The van der Waals surface area contributed by atoms with Crippen molar-refractivity contribution in [2.45, 2.75) is 66.2 Å². The number of carbonyl (C=O) groups excluding carboxylic acids is 1. The maximum Gasteiger partial charge on any atom is 0.171 e. The van der Waals surface area contributed by atoms with E-state index in [2.05, 4.69) is 40.8 Å². The third kappa shape index (κ3) is 5.80. The molecule has 0 aliphatic heterocycles. The number of hydrogen-bond donors (Lipinski definition) is 0. The minimum atomic E-state index is -1.07. The molecule has 2 nitrogen and oxygen atoms in total. The van der Waals surface area contributed by atoms with Crippen LogP contribution < -0.4 is 0 Å². The molecule has 0 spiro atoms. The zero-order valence-corrected chi connectivity index (χ0v) is 12.9. The lowest BCUT2D eigenvalue weighted by Crippen LogP contribution is -2.37. The van der Waals surface area contributed by atoms with Gasteiger partial charge in [-0.15, -0.1) is 0 Å². The van der Waals surface area contributed by atoms with Crippen LogP contribution in [-0.2, 0) is 9.22 Å². The predicted molar refractivity (Wildman–Crippen MR) is 72.3 cm³/mol. The molecule has 0 saturated carbocycles. The molecule has 0 aliphatic rings. The quantitative estimate of drug-likeness (QED) is 0.507. The SMILES string of the molecule is CCCCC(O[SiH](C)C)C(C=O)C(C)(C)C. The van der Waals surface area contributed by atoms with Crippen LogP contribution in [0.25, 0.3) is 0 Å². The van der Waals surface area contributed by atoms with Gasteiger partial charge >= 0.3 is 0 Å². The van der Waals surface area contributed by atoms with Gasteiger partial charge in [-0.3, -0.25) is 0 Å². The molecule has 0 aliphatic carbocycles. The van der Waals surface area contributed by atoms with E-state index in [1.807, 2.05) is 0 Å². The van der Waals surface area contributed by atoms with Crippen LogP contribution in [0.2, 0.25) is 13.1 Å². The fraction of sp³-hybridized carbons (Fsp3) is 0.923. The fourth-order valence-electron chi connectivity index (χ4n) is 1.94. The zero-order chi connectivity index (χ0) is 12.8. The second kappa shape index (κ2) is 7.23. The Labute approximate surface area is 102 Å². The van der Waals surface area contributed by atoms with Gasteiger partial charge in [-0.2, -0.15) is 0 Å². The van der Waals surface area contributed by atoms with E-state index in [0.29, 0.717) is 0 Å². The van der Waals surface area contributed by atoms with E-state index < -0.39 is 9.04 Å². The van der Waals surface area contributed by atoms with Crippen LogP contribution in [0, 0.1) is 11.3 Å². The summed E-state index contributed by atoms with van der Waals surface area (Å²) in [5.41, 5.74) is 0.00342. The van der Waals surface area contributed by atoms with Crippen molar-refractivity contribution in [3.8, 4) is 0 Å². The van der Waals surface area contributed by atoms with E-state index in [0.717, 1.165) is 25.5 Å². The molecule has 0 saturated heterocycles. The molecule has 2 unspecified atom stereocenters. The van der Waals surface area contributed by atoms with Gasteiger partial charge in [-0.05, 0) is 24.9 Å². The molecule has 0 bridgehead atoms. The van der Waals surface area contributed by atoms with Crippen molar-refractivity contribution in [1.82, 2.24) is 0 Å². The fourth-order valence-corrected chi connectivity index (χ4v) is 2.94. The lowest BCUT2D eigenvalue weighted by molar-refractivity contribution is -0.118. The van der Waals surface area contributed by atoms with E-state index in [1.54, 1.807) is 0 Å². The molecule has 0 aromatic heterocycles. The predicted octanol–water partition coefficient (Wildman–Crippen LogP) is 3.41. The molecule has 0 rings (SSSR count). The van der Waals surface area contributed by atoms with Crippen LogP contribution in [0.4, 0.5) is 0 Å². The van der Waals surface area contributed by atoms with Crippen LogP contribution in [0.15, 0.2) is 0 Å². The Morgan fingerprint density at radius 2 is 1.88 bits per heavy atom. The summed E-state index contributed by atoms with van der Waals surface area (Å²) in [4.78, 5) is 11.3. The van der Waals surface area contributed by atoms with Crippen molar-refractivity contribution in [1.29, 1.82) is 0 Å². The summed E-state index contributed by atoms with van der Waals surface area (Å²) >= 11 is 0. The summed E-state index contributed by atoms with van der Waals surface area (Å²) < 4.78 is 6.04. The summed E-state index contributed by atoms with van der Waals surface area (Å²) in [6.07, 6.45) is 4.55. The summed E-state index contributed by atoms with van der Waals surface area (Å²) in [7, 11) is -1.07. The topological polar surface area (TPSA) is 26.3 Å². The molecule has 0 radical (unpaired) electrons. The van der Waals surface area contributed by atoms with Crippen LogP contribution in [0.1, 0.15) is 47.0 Å². The van der Waals surface area contributed by atoms with E-state index in [4.69, 9.17) is 4.43 Å². The number of rotatable bonds is 7. The second-order valence-corrected chi connectivity index (χ2v) is 8.26. The van der Waals surface area contributed by atoms with Crippen molar-refractivity contribution in [2.24, 2.45) is 11.3 Å². The Hall–Kier alpha value is -0.153. The molecule has 2 atom stereocenters.